The maximum atomic E-state index is 15.4. The van der Waals surface area contributed by atoms with E-state index in [4.69, 9.17) is 0 Å². The monoisotopic (exact) mass is 424 g/mol. The van der Waals surface area contributed by atoms with Crippen LogP contribution in [0.25, 0.3) is 11.1 Å². The van der Waals surface area contributed by atoms with Crippen LogP contribution in [0.15, 0.2) is 36.4 Å². The van der Waals surface area contributed by atoms with Crippen LogP contribution >= 0.6 is 0 Å². The number of hydrogen-bond donors (Lipinski definition) is 0. The van der Waals surface area contributed by atoms with Crippen LogP contribution in [-0.2, 0) is 11.2 Å². The Hall–Kier alpha value is -2.81. The van der Waals surface area contributed by atoms with Gasteiger partial charge >= 0.3 is 0 Å². The maximum Gasteiger partial charge on any atom is 0.243 e. The summed E-state index contributed by atoms with van der Waals surface area (Å²) in [5.41, 5.74) is -0.103. The highest BCUT2D eigenvalue weighted by Gasteiger charge is 2.57. The van der Waals surface area contributed by atoms with Crippen LogP contribution in [0.4, 0.5) is 13.2 Å². The molecule has 2 saturated carbocycles. The van der Waals surface area contributed by atoms with Crippen LogP contribution in [0, 0.1) is 39.6 Å². The zero-order chi connectivity index (χ0) is 21.8. The van der Waals surface area contributed by atoms with Gasteiger partial charge in [-0.1, -0.05) is 18.2 Å². The standard InChI is InChI=1S/C25H23F3N2O/c26-18-9-17(10-19(27)12-18)21-4-1-3-16(22(21)28)11-20-13-24(7-8-24)15-30(20)23(31)25(14-29)5-2-6-25/h1,3-4,9-10,12,20H,2,5-8,11,13,15H2/t20-/m0/s1. The van der Waals surface area contributed by atoms with Crippen molar-refractivity contribution >= 4 is 5.91 Å². The van der Waals surface area contributed by atoms with Crippen LogP contribution in [0.2, 0.25) is 0 Å². The zero-order valence-corrected chi connectivity index (χ0v) is 17.1. The molecule has 3 aliphatic rings. The quantitative estimate of drug-likeness (QED) is 0.661. The second-order valence-electron chi connectivity index (χ2n) is 9.48. The van der Waals surface area contributed by atoms with E-state index < -0.39 is 22.9 Å². The van der Waals surface area contributed by atoms with E-state index in [1.54, 1.807) is 12.1 Å². The molecular formula is C25H23F3N2O. The van der Waals surface area contributed by atoms with E-state index in [0.29, 0.717) is 31.4 Å². The van der Waals surface area contributed by atoms with Crippen LogP contribution in [0.5, 0.6) is 0 Å². The molecule has 5 rings (SSSR count). The van der Waals surface area contributed by atoms with Gasteiger partial charge in [0, 0.05) is 24.2 Å². The Morgan fingerprint density at radius 1 is 1.10 bits per heavy atom. The van der Waals surface area contributed by atoms with Crippen molar-refractivity contribution in [3.05, 3.63) is 59.4 Å². The summed E-state index contributed by atoms with van der Waals surface area (Å²) in [6, 6.07) is 9.90. The fourth-order valence-electron chi connectivity index (χ4n) is 5.23. The number of halogens is 3. The SMILES string of the molecule is N#CC1(C(=O)N2CC3(CC3)C[C@@H]2Cc2cccc(-c3cc(F)cc(F)c3)c2F)CCC1. The fraction of sp³-hybridized carbons (Fsp3) is 0.440. The number of nitriles is 1. The third kappa shape index (κ3) is 3.40. The molecule has 3 nitrogen and oxygen atoms in total. The van der Waals surface area contributed by atoms with Gasteiger partial charge in [-0.05, 0) is 73.6 Å². The second-order valence-corrected chi connectivity index (χ2v) is 9.48. The van der Waals surface area contributed by atoms with Gasteiger partial charge in [0.25, 0.3) is 0 Å². The number of likely N-dealkylation sites (tertiary alicyclic amines) is 1. The highest BCUT2D eigenvalue weighted by Crippen LogP contribution is 2.56. The van der Waals surface area contributed by atoms with Crippen molar-refractivity contribution in [3.63, 3.8) is 0 Å². The summed E-state index contributed by atoms with van der Waals surface area (Å²) < 4.78 is 42.7. The molecule has 3 fully saturated rings. The molecule has 2 aliphatic carbocycles. The van der Waals surface area contributed by atoms with Crippen LogP contribution in [0.3, 0.4) is 0 Å². The van der Waals surface area contributed by atoms with E-state index in [9.17, 15) is 18.8 Å². The minimum atomic E-state index is -0.918. The molecule has 0 N–H and O–H groups in total. The van der Waals surface area contributed by atoms with Gasteiger partial charge in [0.2, 0.25) is 5.91 Å². The highest BCUT2D eigenvalue weighted by atomic mass is 19.1. The van der Waals surface area contributed by atoms with E-state index >= 15 is 4.39 Å². The molecule has 1 spiro atoms. The van der Waals surface area contributed by atoms with Crippen molar-refractivity contribution in [2.24, 2.45) is 10.8 Å². The lowest BCUT2D eigenvalue weighted by atomic mass is 9.69. The van der Waals surface area contributed by atoms with Crippen molar-refractivity contribution in [1.29, 1.82) is 5.26 Å². The molecule has 2 aromatic carbocycles. The van der Waals surface area contributed by atoms with E-state index in [1.165, 1.54) is 6.07 Å². The summed E-state index contributed by atoms with van der Waals surface area (Å²) in [4.78, 5) is 15.1. The molecular weight excluding hydrogens is 401 g/mol. The molecule has 0 aromatic heterocycles. The molecule has 160 valence electrons. The van der Waals surface area contributed by atoms with Crippen LogP contribution in [-0.4, -0.2) is 23.4 Å². The van der Waals surface area contributed by atoms with Gasteiger partial charge in [0.1, 0.15) is 22.9 Å². The van der Waals surface area contributed by atoms with Crippen molar-refractivity contribution in [2.75, 3.05) is 6.54 Å². The van der Waals surface area contributed by atoms with Gasteiger partial charge in [-0.15, -0.1) is 0 Å². The molecule has 1 saturated heterocycles. The molecule has 1 atom stereocenters. The number of benzene rings is 2. The average Bonchev–Trinajstić information content (AvgIpc) is 3.35. The molecule has 1 heterocycles. The number of amides is 1. The molecule has 0 bridgehead atoms. The Labute approximate surface area is 179 Å². The Morgan fingerprint density at radius 2 is 1.81 bits per heavy atom. The summed E-state index contributed by atoms with van der Waals surface area (Å²) in [7, 11) is 0. The Morgan fingerprint density at radius 3 is 2.39 bits per heavy atom. The van der Waals surface area contributed by atoms with Gasteiger partial charge < -0.3 is 4.90 Å². The van der Waals surface area contributed by atoms with Gasteiger partial charge in [-0.2, -0.15) is 5.26 Å². The summed E-state index contributed by atoms with van der Waals surface area (Å²) in [6.45, 7) is 0.635. The van der Waals surface area contributed by atoms with E-state index in [1.807, 2.05) is 4.90 Å². The molecule has 6 heteroatoms. The summed E-state index contributed by atoms with van der Waals surface area (Å²) >= 11 is 0. The fourth-order valence-corrected chi connectivity index (χ4v) is 5.23. The highest BCUT2D eigenvalue weighted by molar-refractivity contribution is 5.87. The Bertz CT molecular complexity index is 1080. The topological polar surface area (TPSA) is 44.1 Å². The lowest BCUT2D eigenvalue weighted by Crippen LogP contribution is -2.49. The third-order valence-corrected chi connectivity index (χ3v) is 7.37. The first-order valence-electron chi connectivity index (χ1n) is 10.8. The lowest BCUT2D eigenvalue weighted by molar-refractivity contribution is -0.144. The van der Waals surface area contributed by atoms with Gasteiger partial charge in [0.15, 0.2) is 0 Å². The van der Waals surface area contributed by atoms with Crippen molar-refractivity contribution in [3.8, 4) is 17.2 Å². The molecule has 2 aromatic rings. The minimum absolute atomic E-state index is 0.112. The number of hydrogen-bond acceptors (Lipinski definition) is 2. The molecule has 0 unspecified atom stereocenters. The molecule has 0 radical (unpaired) electrons. The Balaban J connectivity index is 1.44. The third-order valence-electron chi connectivity index (χ3n) is 7.37. The van der Waals surface area contributed by atoms with Gasteiger partial charge in [-0.25, -0.2) is 13.2 Å². The smallest absolute Gasteiger partial charge is 0.243 e. The van der Waals surface area contributed by atoms with Gasteiger partial charge in [0.05, 0.1) is 6.07 Å². The molecule has 1 amide bonds. The van der Waals surface area contributed by atoms with E-state index in [2.05, 4.69) is 6.07 Å². The lowest BCUT2D eigenvalue weighted by Gasteiger charge is -2.39. The summed E-state index contributed by atoms with van der Waals surface area (Å²) in [5.74, 6) is -2.15. The first-order chi connectivity index (χ1) is 14.8. The molecule has 1 aliphatic heterocycles. The van der Waals surface area contributed by atoms with E-state index in [-0.39, 0.29) is 28.5 Å². The van der Waals surface area contributed by atoms with Crippen molar-refractivity contribution in [2.45, 2.75) is 51.0 Å². The first kappa shape index (κ1) is 20.1. The number of nitrogens with zero attached hydrogens (tertiary/aromatic N) is 2. The largest absolute Gasteiger partial charge is 0.337 e. The number of rotatable bonds is 4. The molecule has 31 heavy (non-hydrogen) atoms. The van der Waals surface area contributed by atoms with Crippen molar-refractivity contribution in [1.82, 2.24) is 4.90 Å². The minimum Gasteiger partial charge on any atom is -0.337 e. The number of carbonyl (C=O) groups excluding carboxylic acids is 1. The first-order valence-corrected chi connectivity index (χ1v) is 10.8. The van der Waals surface area contributed by atoms with Gasteiger partial charge in [-0.3, -0.25) is 4.79 Å². The van der Waals surface area contributed by atoms with Crippen molar-refractivity contribution < 1.29 is 18.0 Å². The second kappa shape index (κ2) is 7.12. The predicted molar refractivity (Wildman–Crippen MR) is 109 cm³/mol. The summed E-state index contributed by atoms with van der Waals surface area (Å²) in [6.07, 6.45) is 5.30. The average molecular weight is 424 g/mol. The normalized spacial score (nSPS) is 22.8. The number of carbonyl (C=O) groups is 1. The van der Waals surface area contributed by atoms with E-state index in [0.717, 1.165) is 43.9 Å². The Kier molecular flexibility index (Phi) is 4.62. The van der Waals surface area contributed by atoms with Crippen LogP contribution in [0.1, 0.15) is 44.1 Å². The maximum absolute atomic E-state index is 15.4. The zero-order valence-electron chi connectivity index (χ0n) is 17.1. The predicted octanol–water partition coefficient (Wildman–Crippen LogP) is 5.39. The summed E-state index contributed by atoms with van der Waals surface area (Å²) in [5, 5.41) is 9.62. The van der Waals surface area contributed by atoms with Crippen LogP contribution < -0.4 is 0 Å².